The largest absolute Gasteiger partial charge is 0.480 e. The van der Waals surface area contributed by atoms with E-state index in [1.165, 1.54) is 0 Å². The number of carboxylic acid groups (broad SMARTS) is 1. The molecule has 1 aliphatic heterocycles. The number of nitrogens with zero attached hydrogens (tertiary/aromatic N) is 4. The highest BCUT2D eigenvalue weighted by Crippen LogP contribution is 2.11. The molecule has 140 valence electrons. The third-order valence-corrected chi connectivity index (χ3v) is 5.01. The first-order chi connectivity index (χ1) is 11.6. The number of ether oxygens (including phenoxy) is 1. The highest BCUT2D eigenvalue weighted by atomic mass is 32.2. The van der Waals surface area contributed by atoms with Crippen LogP contribution in [0.4, 0.5) is 0 Å². The van der Waals surface area contributed by atoms with Gasteiger partial charge in [-0.3, -0.25) is 14.3 Å². The zero-order valence-corrected chi connectivity index (χ0v) is 15.0. The van der Waals surface area contributed by atoms with Crippen molar-refractivity contribution in [3.8, 4) is 0 Å². The van der Waals surface area contributed by atoms with Crippen molar-refractivity contribution in [2.24, 2.45) is 7.05 Å². The molecule has 10 nitrogen and oxygen atoms in total. The number of morpholine rings is 1. The molecule has 1 aliphatic rings. The Bertz CT molecular complexity index is 731. The van der Waals surface area contributed by atoms with Crippen LogP contribution in [0.2, 0.25) is 0 Å². The normalized spacial score (nSPS) is 18.5. The van der Waals surface area contributed by atoms with Crippen molar-refractivity contribution >= 4 is 21.9 Å². The number of aliphatic carboxylic acids is 1. The maximum Gasteiger partial charge on any atom is 0.318 e. The van der Waals surface area contributed by atoms with E-state index in [4.69, 9.17) is 9.84 Å². The first-order valence-electron chi connectivity index (χ1n) is 7.69. The summed E-state index contributed by atoms with van der Waals surface area (Å²) in [4.78, 5) is 24.8. The second kappa shape index (κ2) is 7.93. The molecule has 0 aliphatic carbocycles. The van der Waals surface area contributed by atoms with Crippen LogP contribution < -0.4 is 0 Å². The van der Waals surface area contributed by atoms with Crippen LogP contribution in [0.5, 0.6) is 0 Å². The van der Waals surface area contributed by atoms with Crippen molar-refractivity contribution in [3.05, 3.63) is 18.0 Å². The lowest BCUT2D eigenvalue weighted by molar-refractivity contribution is -0.140. The standard InChI is InChI=1S/C14H22N4O6S/c1-16-7-11(6-15-16)5-13(19)17-3-4-24-12(8-17)9-18(10-14(20)21)25(2,22)23/h6-7,12H,3-5,8-10H2,1-2H3,(H,20,21). The Morgan fingerprint density at radius 1 is 1.48 bits per heavy atom. The average Bonchev–Trinajstić information content (AvgIpc) is 2.90. The second-order valence-electron chi connectivity index (χ2n) is 5.98. The molecule has 1 saturated heterocycles. The number of rotatable bonds is 7. The number of hydrogen-bond donors (Lipinski definition) is 1. The van der Waals surface area contributed by atoms with E-state index < -0.39 is 28.6 Å². The number of sulfonamides is 1. The number of aromatic nitrogens is 2. The zero-order chi connectivity index (χ0) is 18.6. The molecule has 25 heavy (non-hydrogen) atoms. The molecule has 1 atom stereocenters. The predicted octanol–water partition coefficient (Wildman–Crippen LogP) is -1.46. The Morgan fingerprint density at radius 3 is 2.76 bits per heavy atom. The molecule has 1 aromatic heterocycles. The van der Waals surface area contributed by atoms with Gasteiger partial charge in [-0.2, -0.15) is 9.40 Å². The lowest BCUT2D eigenvalue weighted by Gasteiger charge is -2.34. The van der Waals surface area contributed by atoms with Gasteiger partial charge in [-0.1, -0.05) is 0 Å². The van der Waals surface area contributed by atoms with Crippen LogP contribution in [-0.4, -0.2) is 89.5 Å². The summed E-state index contributed by atoms with van der Waals surface area (Å²) in [6.07, 6.45) is 3.96. The minimum absolute atomic E-state index is 0.106. The van der Waals surface area contributed by atoms with Gasteiger partial charge in [-0.15, -0.1) is 0 Å². The number of aryl methyl sites for hydroxylation is 1. The van der Waals surface area contributed by atoms with Gasteiger partial charge in [0.25, 0.3) is 0 Å². The molecular weight excluding hydrogens is 352 g/mol. The first-order valence-corrected chi connectivity index (χ1v) is 9.54. The first kappa shape index (κ1) is 19.3. The summed E-state index contributed by atoms with van der Waals surface area (Å²) in [5.74, 6) is -1.35. The summed E-state index contributed by atoms with van der Waals surface area (Å²) in [6, 6.07) is 0. The fourth-order valence-electron chi connectivity index (χ4n) is 2.60. The van der Waals surface area contributed by atoms with Crippen molar-refractivity contribution in [1.82, 2.24) is 19.0 Å². The molecule has 2 heterocycles. The maximum absolute atomic E-state index is 12.4. The van der Waals surface area contributed by atoms with Gasteiger partial charge in [-0.25, -0.2) is 8.42 Å². The fourth-order valence-corrected chi connectivity index (χ4v) is 3.38. The summed E-state index contributed by atoms with van der Waals surface area (Å²) in [6.45, 7) is 0.149. The van der Waals surface area contributed by atoms with Crippen molar-refractivity contribution in [2.75, 3.05) is 39.0 Å². The molecule has 0 saturated carbocycles. The average molecular weight is 374 g/mol. The monoisotopic (exact) mass is 374 g/mol. The lowest BCUT2D eigenvalue weighted by Crippen LogP contribution is -2.51. The Kier molecular flexibility index (Phi) is 6.14. The Labute approximate surface area is 146 Å². The van der Waals surface area contributed by atoms with E-state index in [9.17, 15) is 18.0 Å². The fraction of sp³-hybridized carbons (Fsp3) is 0.643. The van der Waals surface area contributed by atoms with Crippen LogP contribution in [0.3, 0.4) is 0 Å². The van der Waals surface area contributed by atoms with Crippen molar-refractivity contribution in [3.63, 3.8) is 0 Å². The Hall–Kier alpha value is -1.98. The molecule has 1 N–H and O–H groups in total. The number of amides is 1. The topological polar surface area (TPSA) is 122 Å². The van der Waals surface area contributed by atoms with Gasteiger partial charge < -0.3 is 14.7 Å². The molecular formula is C14H22N4O6S. The Balaban J connectivity index is 1.97. The third-order valence-electron chi connectivity index (χ3n) is 3.79. The van der Waals surface area contributed by atoms with Gasteiger partial charge in [0.15, 0.2) is 0 Å². The molecule has 1 fully saturated rings. The maximum atomic E-state index is 12.4. The zero-order valence-electron chi connectivity index (χ0n) is 14.2. The number of hydrogen-bond acceptors (Lipinski definition) is 6. The van der Waals surface area contributed by atoms with Gasteiger partial charge in [0.2, 0.25) is 15.9 Å². The van der Waals surface area contributed by atoms with Crippen LogP contribution in [0.25, 0.3) is 0 Å². The molecule has 0 spiro atoms. The van der Waals surface area contributed by atoms with Gasteiger partial charge in [-0.05, 0) is 5.56 Å². The second-order valence-corrected chi connectivity index (χ2v) is 7.96. The smallest absolute Gasteiger partial charge is 0.318 e. The van der Waals surface area contributed by atoms with Gasteiger partial charge >= 0.3 is 5.97 Å². The minimum Gasteiger partial charge on any atom is -0.480 e. The summed E-state index contributed by atoms with van der Waals surface area (Å²) >= 11 is 0. The summed E-state index contributed by atoms with van der Waals surface area (Å²) in [7, 11) is -1.92. The Morgan fingerprint density at radius 2 is 2.20 bits per heavy atom. The van der Waals surface area contributed by atoms with E-state index in [1.54, 1.807) is 29.0 Å². The molecule has 0 radical (unpaired) electrons. The highest BCUT2D eigenvalue weighted by Gasteiger charge is 2.29. The molecule has 2 rings (SSSR count). The predicted molar refractivity (Wildman–Crippen MR) is 87.3 cm³/mol. The van der Waals surface area contributed by atoms with Crippen molar-refractivity contribution in [2.45, 2.75) is 12.5 Å². The van der Waals surface area contributed by atoms with Crippen LogP contribution in [0.15, 0.2) is 12.4 Å². The number of carbonyl (C=O) groups is 2. The molecule has 0 aromatic carbocycles. The van der Waals surface area contributed by atoms with Gasteiger partial charge in [0.05, 0.1) is 31.6 Å². The number of carbonyl (C=O) groups excluding carboxylic acids is 1. The van der Waals surface area contributed by atoms with Gasteiger partial charge in [0, 0.05) is 32.9 Å². The van der Waals surface area contributed by atoms with E-state index in [0.717, 1.165) is 16.1 Å². The van der Waals surface area contributed by atoms with Gasteiger partial charge in [0.1, 0.15) is 6.54 Å². The SMILES string of the molecule is Cn1cc(CC(=O)N2CCOC(CN(CC(=O)O)S(C)(=O)=O)C2)cn1. The molecule has 1 aromatic rings. The van der Waals surface area contributed by atoms with E-state index in [-0.39, 0.29) is 32.0 Å². The quantitative estimate of drug-likeness (QED) is 0.619. The lowest BCUT2D eigenvalue weighted by atomic mass is 10.2. The van der Waals surface area contributed by atoms with E-state index in [2.05, 4.69) is 5.10 Å². The van der Waals surface area contributed by atoms with Crippen LogP contribution in [-0.2, 0) is 37.8 Å². The van der Waals surface area contributed by atoms with Crippen LogP contribution in [0.1, 0.15) is 5.56 Å². The van der Waals surface area contributed by atoms with Crippen LogP contribution in [0, 0.1) is 0 Å². The van der Waals surface area contributed by atoms with Crippen LogP contribution >= 0.6 is 0 Å². The molecule has 0 bridgehead atoms. The van der Waals surface area contributed by atoms with E-state index >= 15 is 0 Å². The molecule has 1 amide bonds. The summed E-state index contributed by atoms with van der Waals surface area (Å²) in [5.41, 5.74) is 0.791. The highest BCUT2D eigenvalue weighted by molar-refractivity contribution is 7.88. The minimum atomic E-state index is -3.68. The third kappa shape index (κ3) is 5.80. The van der Waals surface area contributed by atoms with Crippen molar-refractivity contribution < 1.29 is 27.9 Å². The van der Waals surface area contributed by atoms with Crippen molar-refractivity contribution in [1.29, 1.82) is 0 Å². The van der Waals surface area contributed by atoms with E-state index in [1.807, 2.05) is 0 Å². The summed E-state index contributed by atoms with van der Waals surface area (Å²) in [5, 5.41) is 12.9. The number of carboxylic acids is 1. The molecule has 1 unspecified atom stereocenters. The van der Waals surface area contributed by atoms with E-state index in [0.29, 0.717) is 6.54 Å². The summed E-state index contributed by atoms with van der Waals surface area (Å²) < 4.78 is 31.4. The molecule has 11 heteroatoms.